The molecule has 2 fully saturated rings. The summed E-state index contributed by atoms with van der Waals surface area (Å²) in [6, 6.07) is 2.20. The first-order valence-corrected chi connectivity index (χ1v) is 7.20. The Morgan fingerprint density at radius 3 is 3.10 bits per heavy atom. The molecule has 3 heterocycles. The number of rotatable bonds is 3. The fraction of sp³-hybridized carbons (Fsp3) is 0.571. The first kappa shape index (κ1) is 14.1. The van der Waals surface area contributed by atoms with Crippen molar-refractivity contribution in [2.24, 2.45) is 5.84 Å². The van der Waals surface area contributed by atoms with Gasteiger partial charge in [0, 0.05) is 37.7 Å². The van der Waals surface area contributed by atoms with Gasteiger partial charge in [-0.15, -0.1) is 0 Å². The van der Waals surface area contributed by atoms with Gasteiger partial charge in [-0.05, 0) is 19.4 Å². The van der Waals surface area contributed by atoms with Crippen molar-refractivity contribution in [3.63, 3.8) is 0 Å². The molecule has 3 N–H and O–H groups in total. The second-order valence-corrected chi connectivity index (χ2v) is 5.71. The smallest absolute Gasteiger partial charge is 0.301 e. The topological polar surface area (TPSA) is 91.8 Å². The van der Waals surface area contributed by atoms with E-state index >= 15 is 0 Å². The van der Waals surface area contributed by atoms with Crippen LogP contribution < -0.4 is 11.3 Å². The van der Waals surface area contributed by atoms with Crippen LogP contribution in [0.3, 0.4) is 0 Å². The Hall–Kier alpha value is -1.86. The number of nitrogens with zero attached hydrogens (tertiary/aromatic N) is 2. The van der Waals surface area contributed by atoms with E-state index in [0.717, 1.165) is 37.4 Å². The van der Waals surface area contributed by atoms with Gasteiger partial charge in [0.2, 0.25) is 5.91 Å². The minimum Gasteiger partial charge on any atom is -0.454 e. The average Bonchev–Trinajstić information content (AvgIpc) is 3.02. The molecule has 0 radical (unpaired) electrons. The number of carbonyl (C=O) groups excluding carboxylic acids is 2. The van der Waals surface area contributed by atoms with Gasteiger partial charge in [0.25, 0.3) is 0 Å². The predicted molar refractivity (Wildman–Crippen MR) is 75.1 cm³/mol. The Bertz CT molecular complexity index is 569. The lowest BCUT2D eigenvalue weighted by Gasteiger charge is -2.37. The van der Waals surface area contributed by atoms with E-state index in [0.29, 0.717) is 19.0 Å². The molecule has 1 unspecified atom stereocenters. The third-order valence-electron chi connectivity index (χ3n) is 4.26. The molecule has 0 aromatic carbocycles. The molecular weight excluding hydrogens is 272 g/mol. The lowest BCUT2D eigenvalue weighted by atomic mass is 10.1. The molecule has 7 nitrogen and oxygen atoms in total. The molecule has 0 bridgehead atoms. The number of piperazine rings is 1. The summed E-state index contributed by atoms with van der Waals surface area (Å²) in [6.07, 6.45) is 1.60. The molecule has 1 aromatic rings. The van der Waals surface area contributed by atoms with Gasteiger partial charge in [0.05, 0.1) is 6.54 Å². The Balaban J connectivity index is 1.65. The van der Waals surface area contributed by atoms with Crippen LogP contribution in [0.1, 0.15) is 34.7 Å². The summed E-state index contributed by atoms with van der Waals surface area (Å²) < 4.78 is 5.59. The van der Waals surface area contributed by atoms with Crippen molar-refractivity contribution in [1.29, 1.82) is 0 Å². The van der Waals surface area contributed by atoms with Crippen LogP contribution in [0.4, 0.5) is 0 Å². The summed E-state index contributed by atoms with van der Waals surface area (Å²) in [7, 11) is 0. The van der Waals surface area contributed by atoms with Gasteiger partial charge in [-0.25, -0.2) is 5.84 Å². The number of fused-ring (bicyclic) bond motifs is 1. The zero-order valence-corrected chi connectivity index (χ0v) is 12.1. The Morgan fingerprint density at radius 1 is 1.52 bits per heavy atom. The molecule has 3 rings (SSSR count). The van der Waals surface area contributed by atoms with Crippen LogP contribution in [-0.4, -0.2) is 47.3 Å². The number of furan rings is 1. The quantitative estimate of drug-likeness (QED) is 0.465. The van der Waals surface area contributed by atoms with Gasteiger partial charge in [-0.3, -0.25) is 19.9 Å². The second kappa shape index (κ2) is 5.50. The largest absolute Gasteiger partial charge is 0.454 e. The van der Waals surface area contributed by atoms with Crippen LogP contribution >= 0.6 is 0 Å². The highest BCUT2D eigenvalue weighted by Crippen LogP contribution is 2.24. The maximum absolute atomic E-state index is 11.7. The molecule has 2 amide bonds. The molecule has 0 saturated carbocycles. The zero-order valence-electron chi connectivity index (χ0n) is 12.1. The standard InChI is InChI=1S/C14H20N4O3/c1-9-6-11(21-13(9)14(20)16-15)8-17-4-5-18-10(7-17)2-3-12(18)19/h6,10H,2-5,7-8,15H2,1H3,(H,16,20). The summed E-state index contributed by atoms with van der Waals surface area (Å²) in [4.78, 5) is 27.4. The minimum atomic E-state index is -0.412. The number of aryl methyl sites for hydroxylation is 1. The molecule has 1 aromatic heterocycles. The third kappa shape index (κ3) is 2.66. The molecule has 1 atom stereocenters. The molecular formula is C14H20N4O3. The van der Waals surface area contributed by atoms with E-state index in [4.69, 9.17) is 10.3 Å². The maximum atomic E-state index is 11.7. The van der Waals surface area contributed by atoms with Crippen molar-refractivity contribution in [2.75, 3.05) is 19.6 Å². The van der Waals surface area contributed by atoms with Gasteiger partial charge in [-0.1, -0.05) is 0 Å². The van der Waals surface area contributed by atoms with Crippen molar-refractivity contribution in [2.45, 2.75) is 32.4 Å². The first-order valence-electron chi connectivity index (χ1n) is 7.20. The zero-order chi connectivity index (χ0) is 15.0. The Morgan fingerprint density at radius 2 is 2.33 bits per heavy atom. The van der Waals surface area contributed by atoms with Gasteiger partial charge in [0.1, 0.15) is 5.76 Å². The van der Waals surface area contributed by atoms with Gasteiger partial charge in [-0.2, -0.15) is 0 Å². The lowest BCUT2D eigenvalue weighted by molar-refractivity contribution is -0.130. The predicted octanol–water partition coefficient (Wildman–Crippen LogP) is -0.00188. The summed E-state index contributed by atoms with van der Waals surface area (Å²) >= 11 is 0. The highest BCUT2D eigenvalue weighted by molar-refractivity contribution is 5.92. The molecule has 2 saturated heterocycles. The van der Waals surface area contributed by atoms with E-state index in [9.17, 15) is 9.59 Å². The van der Waals surface area contributed by atoms with E-state index in [-0.39, 0.29) is 11.7 Å². The molecule has 2 aliphatic rings. The average molecular weight is 292 g/mol. The maximum Gasteiger partial charge on any atom is 0.301 e. The van der Waals surface area contributed by atoms with Crippen LogP contribution in [0.25, 0.3) is 0 Å². The van der Waals surface area contributed by atoms with E-state index in [2.05, 4.69) is 10.3 Å². The lowest BCUT2D eigenvalue weighted by Crippen LogP contribution is -2.50. The fourth-order valence-electron chi connectivity index (χ4n) is 3.21. The number of nitrogens with one attached hydrogen (secondary N) is 1. The molecule has 0 aliphatic carbocycles. The number of nitrogens with two attached hydrogens (primary N) is 1. The van der Waals surface area contributed by atoms with Gasteiger partial charge in [0.15, 0.2) is 5.76 Å². The summed E-state index contributed by atoms with van der Waals surface area (Å²) in [6.45, 7) is 4.95. The normalized spacial score (nSPS) is 22.5. The molecule has 0 spiro atoms. The highest BCUT2D eigenvalue weighted by atomic mass is 16.4. The van der Waals surface area contributed by atoms with Gasteiger partial charge >= 0.3 is 5.91 Å². The van der Waals surface area contributed by atoms with E-state index in [1.807, 2.05) is 17.9 Å². The Labute approximate surface area is 123 Å². The first-order chi connectivity index (χ1) is 10.1. The molecule has 2 aliphatic heterocycles. The van der Waals surface area contributed by atoms with Crippen molar-refractivity contribution in [3.8, 4) is 0 Å². The third-order valence-corrected chi connectivity index (χ3v) is 4.26. The van der Waals surface area contributed by atoms with E-state index < -0.39 is 5.91 Å². The highest BCUT2D eigenvalue weighted by Gasteiger charge is 2.35. The number of nitrogen functional groups attached to an aromatic ring is 1. The summed E-state index contributed by atoms with van der Waals surface area (Å²) in [5.74, 6) is 6.01. The van der Waals surface area contributed by atoms with Crippen molar-refractivity contribution in [3.05, 3.63) is 23.2 Å². The molecule has 21 heavy (non-hydrogen) atoms. The number of hydrogen-bond acceptors (Lipinski definition) is 5. The van der Waals surface area contributed by atoms with Crippen LogP contribution in [0, 0.1) is 6.92 Å². The minimum absolute atomic E-state index is 0.266. The van der Waals surface area contributed by atoms with Crippen molar-refractivity contribution in [1.82, 2.24) is 15.2 Å². The second-order valence-electron chi connectivity index (χ2n) is 5.71. The summed E-state index contributed by atoms with van der Waals surface area (Å²) in [5.41, 5.74) is 2.86. The SMILES string of the molecule is Cc1cc(CN2CCN3C(=O)CCC3C2)oc1C(=O)NN. The van der Waals surface area contributed by atoms with E-state index in [1.165, 1.54) is 0 Å². The monoisotopic (exact) mass is 292 g/mol. The number of hydrazine groups is 1. The number of hydrogen-bond donors (Lipinski definition) is 2. The molecule has 7 heteroatoms. The Kier molecular flexibility index (Phi) is 3.69. The number of amides is 2. The van der Waals surface area contributed by atoms with Crippen molar-refractivity contribution < 1.29 is 14.0 Å². The van der Waals surface area contributed by atoms with E-state index in [1.54, 1.807) is 0 Å². The van der Waals surface area contributed by atoms with Crippen LogP contribution in [0.5, 0.6) is 0 Å². The van der Waals surface area contributed by atoms with Crippen molar-refractivity contribution >= 4 is 11.8 Å². The summed E-state index contributed by atoms with van der Waals surface area (Å²) in [5, 5.41) is 0. The molecule has 114 valence electrons. The number of carbonyl (C=O) groups is 2. The van der Waals surface area contributed by atoms with Gasteiger partial charge < -0.3 is 9.32 Å². The van der Waals surface area contributed by atoms with Crippen LogP contribution in [0.2, 0.25) is 0 Å². The van der Waals surface area contributed by atoms with Crippen LogP contribution in [0.15, 0.2) is 10.5 Å². The van der Waals surface area contributed by atoms with Crippen LogP contribution in [-0.2, 0) is 11.3 Å². The fourth-order valence-corrected chi connectivity index (χ4v) is 3.21.